The van der Waals surface area contributed by atoms with Crippen LogP contribution in [-0.4, -0.2) is 36.5 Å². The van der Waals surface area contributed by atoms with Crippen molar-refractivity contribution in [1.82, 2.24) is 15.3 Å². The van der Waals surface area contributed by atoms with E-state index in [9.17, 15) is 4.79 Å². The average molecular weight is 270 g/mol. The lowest BCUT2D eigenvalue weighted by Crippen LogP contribution is -2.25. The lowest BCUT2D eigenvalue weighted by atomic mass is 10.2. The van der Waals surface area contributed by atoms with Crippen molar-refractivity contribution in [3.05, 3.63) is 54.1 Å². The van der Waals surface area contributed by atoms with Crippen molar-refractivity contribution in [2.75, 3.05) is 25.5 Å². The largest absolute Gasteiger partial charge is 0.378 e. The number of amides is 1. The van der Waals surface area contributed by atoms with Gasteiger partial charge in [0.25, 0.3) is 5.91 Å². The highest BCUT2D eigenvalue weighted by Gasteiger charge is 2.05. The summed E-state index contributed by atoms with van der Waals surface area (Å²) in [4.78, 5) is 21.8. The molecule has 20 heavy (non-hydrogen) atoms. The van der Waals surface area contributed by atoms with E-state index in [2.05, 4.69) is 15.3 Å². The molecule has 0 atom stereocenters. The first-order chi connectivity index (χ1) is 9.66. The van der Waals surface area contributed by atoms with Crippen molar-refractivity contribution in [2.24, 2.45) is 0 Å². The van der Waals surface area contributed by atoms with Gasteiger partial charge in [-0.25, -0.2) is 9.97 Å². The number of rotatable bonds is 5. The molecular weight excluding hydrogens is 252 g/mol. The second-order valence-corrected chi connectivity index (χ2v) is 4.69. The van der Waals surface area contributed by atoms with E-state index in [1.807, 2.05) is 43.3 Å². The van der Waals surface area contributed by atoms with E-state index in [1.54, 1.807) is 12.4 Å². The number of hydrogen-bond donors (Lipinski definition) is 1. The normalized spacial score (nSPS) is 10.1. The van der Waals surface area contributed by atoms with Crippen LogP contribution < -0.4 is 10.2 Å². The number of aromatic nitrogens is 2. The van der Waals surface area contributed by atoms with E-state index in [-0.39, 0.29) is 5.91 Å². The fraction of sp³-hybridized carbons (Fsp3) is 0.267. The molecule has 2 aromatic rings. The Morgan fingerprint density at radius 1 is 1.15 bits per heavy atom. The van der Waals surface area contributed by atoms with Crippen LogP contribution in [0.15, 0.2) is 43.0 Å². The van der Waals surface area contributed by atoms with Gasteiger partial charge in [-0.15, -0.1) is 0 Å². The van der Waals surface area contributed by atoms with Gasteiger partial charge in [0.1, 0.15) is 6.33 Å². The van der Waals surface area contributed by atoms with Gasteiger partial charge in [-0.2, -0.15) is 0 Å². The molecule has 1 aromatic heterocycles. The molecule has 0 saturated carbocycles. The molecule has 2 rings (SSSR count). The summed E-state index contributed by atoms with van der Waals surface area (Å²) in [6.07, 6.45) is 5.73. The Morgan fingerprint density at radius 2 is 1.80 bits per heavy atom. The third kappa shape index (κ3) is 3.78. The van der Waals surface area contributed by atoms with Crippen LogP contribution in [0.25, 0.3) is 0 Å². The Morgan fingerprint density at radius 3 is 2.40 bits per heavy atom. The number of carbonyl (C=O) groups is 1. The van der Waals surface area contributed by atoms with Crippen molar-refractivity contribution in [3.8, 4) is 0 Å². The minimum atomic E-state index is -0.0628. The van der Waals surface area contributed by atoms with E-state index in [1.165, 1.54) is 6.33 Å². The highest BCUT2D eigenvalue weighted by atomic mass is 16.1. The number of hydrogen-bond acceptors (Lipinski definition) is 4. The minimum Gasteiger partial charge on any atom is -0.378 e. The van der Waals surface area contributed by atoms with Gasteiger partial charge in [-0.3, -0.25) is 4.79 Å². The van der Waals surface area contributed by atoms with Gasteiger partial charge >= 0.3 is 0 Å². The second kappa shape index (κ2) is 6.65. The lowest BCUT2D eigenvalue weighted by Gasteiger charge is -2.12. The van der Waals surface area contributed by atoms with Crippen LogP contribution in [0.1, 0.15) is 15.9 Å². The Balaban J connectivity index is 1.85. The summed E-state index contributed by atoms with van der Waals surface area (Å²) < 4.78 is 0. The summed E-state index contributed by atoms with van der Waals surface area (Å²) in [7, 11) is 3.94. The Bertz CT molecular complexity index is 552. The molecule has 1 N–H and O–H groups in total. The summed E-state index contributed by atoms with van der Waals surface area (Å²) in [5, 5.41) is 2.89. The summed E-state index contributed by atoms with van der Waals surface area (Å²) in [6.45, 7) is 0.571. The van der Waals surface area contributed by atoms with Crippen molar-refractivity contribution >= 4 is 11.6 Å². The number of anilines is 1. The lowest BCUT2D eigenvalue weighted by molar-refractivity contribution is 0.0954. The number of carbonyl (C=O) groups excluding carboxylic acids is 1. The molecule has 0 aliphatic carbocycles. The molecule has 0 fully saturated rings. The second-order valence-electron chi connectivity index (χ2n) is 4.69. The molecule has 0 bridgehead atoms. The highest BCUT2D eigenvalue weighted by molar-refractivity contribution is 5.94. The Labute approximate surface area is 118 Å². The van der Waals surface area contributed by atoms with Crippen LogP contribution in [-0.2, 0) is 6.42 Å². The molecule has 0 aliphatic rings. The molecule has 1 amide bonds. The molecule has 0 spiro atoms. The van der Waals surface area contributed by atoms with Gasteiger partial charge in [0.2, 0.25) is 0 Å². The van der Waals surface area contributed by atoms with Gasteiger partial charge in [-0.1, -0.05) is 0 Å². The highest BCUT2D eigenvalue weighted by Crippen LogP contribution is 2.12. The molecule has 0 radical (unpaired) electrons. The summed E-state index contributed by atoms with van der Waals surface area (Å²) in [6, 6.07) is 7.52. The van der Waals surface area contributed by atoms with Gasteiger partial charge < -0.3 is 10.2 Å². The van der Waals surface area contributed by atoms with Crippen LogP contribution in [0.4, 0.5) is 5.69 Å². The van der Waals surface area contributed by atoms with Crippen LogP contribution in [0.2, 0.25) is 0 Å². The smallest absolute Gasteiger partial charge is 0.251 e. The molecule has 1 aromatic carbocycles. The third-order valence-electron chi connectivity index (χ3n) is 2.96. The maximum atomic E-state index is 12.0. The molecular formula is C15H18N4O. The first kappa shape index (κ1) is 14.0. The van der Waals surface area contributed by atoms with Crippen LogP contribution in [0.3, 0.4) is 0 Å². The van der Waals surface area contributed by atoms with Crippen LogP contribution >= 0.6 is 0 Å². The molecule has 5 heteroatoms. The van der Waals surface area contributed by atoms with E-state index in [4.69, 9.17) is 0 Å². The van der Waals surface area contributed by atoms with E-state index >= 15 is 0 Å². The van der Waals surface area contributed by atoms with E-state index in [0.29, 0.717) is 12.1 Å². The fourth-order valence-electron chi connectivity index (χ4n) is 1.79. The predicted molar refractivity (Wildman–Crippen MR) is 78.8 cm³/mol. The summed E-state index contributed by atoms with van der Waals surface area (Å²) in [5.74, 6) is -0.0628. The zero-order chi connectivity index (χ0) is 14.4. The van der Waals surface area contributed by atoms with Gasteiger partial charge in [0, 0.05) is 44.3 Å². The average Bonchev–Trinajstić information content (AvgIpc) is 2.48. The number of nitrogens with zero attached hydrogens (tertiary/aromatic N) is 3. The summed E-state index contributed by atoms with van der Waals surface area (Å²) in [5.41, 5.74) is 2.75. The van der Waals surface area contributed by atoms with Crippen molar-refractivity contribution in [3.63, 3.8) is 0 Å². The number of benzene rings is 1. The zero-order valence-corrected chi connectivity index (χ0v) is 11.7. The Kier molecular flexibility index (Phi) is 4.65. The van der Waals surface area contributed by atoms with E-state index in [0.717, 1.165) is 17.7 Å². The minimum absolute atomic E-state index is 0.0628. The molecule has 0 aliphatic heterocycles. The van der Waals surface area contributed by atoms with Crippen molar-refractivity contribution in [1.29, 1.82) is 0 Å². The monoisotopic (exact) mass is 270 g/mol. The van der Waals surface area contributed by atoms with Crippen molar-refractivity contribution in [2.45, 2.75) is 6.42 Å². The van der Waals surface area contributed by atoms with Gasteiger partial charge in [0.15, 0.2) is 0 Å². The van der Waals surface area contributed by atoms with Gasteiger partial charge in [-0.05, 0) is 36.2 Å². The fourth-order valence-corrected chi connectivity index (χ4v) is 1.79. The third-order valence-corrected chi connectivity index (χ3v) is 2.96. The molecule has 1 heterocycles. The van der Waals surface area contributed by atoms with Crippen molar-refractivity contribution < 1.29 is 4.79 Å². The molecule has 0 unspecified atom stereocenters. The van der Waals surface area contributed by atoms with E-state index < -0.39 is 0 Å². The standard InChI is InChI=1S/C15H18N4O/c1-19(2)14-5-3-13(4-6-14)15(20)18-8-7-12-9-16-11-17-10-12/h3-6,9-11H,7-8H2,1-2H3,(H,18,20). The molecule has 5 nitrogen and oxygen atoms in total. The van der Waals surface area contributed by atoms with Gasteiger partial charge in [0.05, 0.1) is 0 Å². The first-order valence-corrected chi connectivity index (χ1v) is 6.46. The summed E-state index contributed by atoms with van der Waals surface area (Å²) >= 11 is 0. The first-order valence-electron chi connectivity index (χ1n) is 6.46. The van der Waals surface area contributed by atoms with Crippen LogP contribution in [0.5, 0.6) is 0 Å². The quantitative estimate of drug-likeness (QED) is 0.895. The zero-order valence-electron chi connectivity index (χ0n) is 11.7. The Hall–Kier alpha value is -2.43. The molecule has 104 valence electrons. The topological polar surface area (TPSA) is 58.1 Å². The SMILES string of the molecule is CN(C)c1ccc(C(=O)NCCc2cncnc2)cc1. The van der Waals surface area contributed by atoms with Crippen LogP contribution in [0, 0.1) is 0 Å². The maximum absolute atomic E-state index is 12.0. The maximum Gasteiger partial charge on any atom is 0.251 e. The molecule has 0 saturated heterocycles. The predicted octanol–water partition coefficient (Wildman–Crippen LogP) is 1.52. The number of nitrogens with one attached hydrogen (secondary N) is 1.